The van der Waals surface area contributed by atoms with E-state index in [9.17, 15) is 0 Å². The summed E-state index contributed by atoms with van der Waals surface area (Å²) in [6, 6.07) is 6.42. The van der Waals surface area contributed by atoms with Gasteiger partial charge in [0.2, 0.25) is 0 Å². The molecule has 0 N–H and O–H groups in total. The maximum absolute atomic E-state index is 3.86. The highest BCUT2D eigenvalue weighted by Gasteiger charge is 1.99. The van der Waals surface area contributed by atoms with E-state index in [0.29, 0.717) is 5.92 Å². The fourth-order valence-electron chi connectivity index (χ4n) is 1.37. The van der Waals surface area contributed by atoms with Gasteiger partial charge >= 0.3 is 0 Å². The third-order valence-electron chi connectivity index (χ3n) is 2.24. The van der Waals surface area contributed by atoms with Crippen molar-refractivity contribution in [1.82, 2.24) is 10.2 Å². The number of rotatable bonds is 1. The van der Waals surface area contributed by atoms with Crippen LogP contribution in [0.1, 0.15) is 25.3 Å². The van der Waals surface area contributed by atoms with Gasteiger partial charge in [0, 0.05) is 10.8 Å². The first-order valence-electron chi connectivity index (χ1n) is 4.48. The molecule has 0 aliphatic heterocycles. The molecular weight excluding hydrogens is 160 g/mol. The average molecular weight is 172 g/mol. The van der Waals surface area contributed by atoms with E-state index in [2.05, 4.69) is 42.2 Å². The van der Waals surface area contributed by atoms with Crippen molar-refractivity contribution in [3.63, 3.8) is 0 Å². The normalized spacial score (nSPS) is 11.0. The Bertz CT molecular complexity index is 421. The SMILES string of the molecule is CC(C)c1ccc2cnncc2c1. The lowest BCUT2D eigenvalue weighted by Gasteiger charge is -2.05. The van der Waals surface area contributed by atoms with E-state index < -0.39 is 0 Å². The first-order chi connectivity index (χ1) is 6.27. The average Bonchev–Trinajstić information content (AvgIpc) is 2.17. The summed E-state index contributed by atoms with van der Waals surface area (Å²) in [6.45, 7) is 4.38. The van der Waals surface area contributed by atoms with E-state index in [1.165, 1.54) is 10.9 Å². The van der Waals surface area contributed by atoms with Gasteiger partial charge in [0.1, 0.15) is 0 Å². The second-order valence-electron chi connectivity index (χ2n) is 3.53. The number of hydrogen-bond acceptors (Lipinski definition) is 2. The van der Waals surface area contributed by atoms with E-state index >= 15 is 0 Å². The fourth-order valence-corrected chi connectivity index (χ4v) is 1.37. The molecule has 0 atom stereocenters. The lowest BCUT2D eigenvalue weighted by molar-refractivity contribution is 0.868. The summed E-state index contributed by atoms with van der Waals surface area (Å²) >= 11 is 0. The molecule has 0 saturated heterocycles. The zero-order valence-electron chi connectivity index (χ0n) is 7.86. The Kier molecular flexibility index (Phi) is 1.97. The number of hydrogen-bond donors (Lipinski definition) is 0. The van der Waals surface area contributed by atoms with Crippen LogP contribution >= 0.6 is 0 Å². The van der Waals surface area contributed by atoms with Gasteiger partial charge in [0.15, 0.2) is 0 Å². The smallest absolute Gasteiger partial charge is 0.0574 e. The van der Waals surface area contributed by atoms with Crippen LogP contribution in [-0.2, 0) is 0 Å². The predicted octanol–water partition coefficient (Wildman–Crippen LogP) is 2.75. The van der Waals surface area contributed by atoms with Gasteiger partial charge < -0.3 is 0 Å². The molecular formula is C11H12N2. The van der Waals surface area contributed by atoms with Crippen LogP contribution in [0, 0.1) is 0 Å². The number of benzene rings is 1. The number of aromatic nitrogens is 2. The van der Waals surface area contributed by atoms with E-state index in [4.69, 9.17) is 0 Å². The van der Waals surface area contributed by atoms with Crippen molar-refractivity contribution < 1.29 is 0 Å². The molecule has 2 nitrogen and oxygen atoms in total. The molecule has 0 radical (unpaired) electrons. The minimum Gasteiger partial charge on any atom is -0.158 e. The summed E-state index contributed by atoms with van der Waals surface area (Å²) < 4.78 is 0. The van der Waals surface area contributed by atoms with Crippen LogP contribution < -0.4 is 0 Å². The highest BCUT2D eigenvalue weighted by Crippen LogP contribution is 2.19. The highest BCUT2D eigenvalue weighted by molar-refractivity contribution is 5.81. The first kappa shape index (κ1) is 8.17. The van der Waals surface area contributed by atoms with E-state index in [-0.39, 0.29) is 0 Å². The fraction of sp³-hybridized carbons (Fsp3) is 0.273. The van der Waals surface area contributed by atoms with Gasteiger partial charge in [0.05, 0.1) is 12.4 Å². The molecule has 1 aromatic carbocycles. The largest absolute Gasteiger partial charge is 0.158 e. The Morgan fingerprint density at radius 3 is 2.38 bits per heavy atom. The maximum Gasteiger partial charge on any atom is 0.0574 e. The Hall–Kier alpha value is -1.44. The van der Waals surface area contributed by atoms with E-state index in [1.807, 2.05) is 0 Å². The molecule has 0 fully saturated rings. The molecule has 13 heavy (non-hydrogen) atoms. The minimum absolute atomic E-state index is 0.567. The Morgan fingerprint density at radius 2 is 1.69 bits per heavy atom. The second kappa shape index (κ2) is 3.13. The zero-order valence-corrected chi connectivity index (χ0v) is 7.86. The molecule has 2 aromatic rings. The third-order valence-corrected chi connectivity index (χ3v) is 2.24. The molecule has 1 heterocycles. The number of fused-ring (bicyclic) bond motifs is 1. The van der Waals surface area contributed by atoms with E-state index in [0.717, 1.165) is 5.39 Å². The molecule has 0 spiro atoms. The third kappa shape index (κ3) is 1.52. The Morgan fingerprint density at radius 1 is 1.00 bits per heavy atom. The lowest BCUT2D eigenvalue weighted by atomic mass is 10.0. The van der Waals surface area contributed by atoms with Crippen LogP contribution in [-0.4, -0.2) is 10.2 Å². The molecule has 0 saturated carbocycles. The Balaban J connectivity index is 2.62. The molecule has 2 heteroatoms. The van der Waals surface area contributed by atoms with E-state index in [1.54, 1.807) is 12.4 Å². The van der Waals surface area contributed by atoms with Crippen molar-refractivity contribution in [1.29, 1.82) is 0 Å². The van der Waals surface area contributed by atoms with Gasteiger partial charge in [-0.3, -0.25) is 0 Å². The summed E-state index contributed by atoms with van der Waals surface area (Å²) in [6.07, 6.45) is 3.60. The van der Waals surface area contributed by atoms with Crippen LogP contribution in [0.4, 0.5) is 0 Å². The first-order valence-corrected chi connectivity index (χ1v) is 4.48. The molecule has 0 unspecified atom stereocenters. The molecule has 0 aliphatic carbocycles. The van der Waals surface area contributed by atoms with Gasteiger partial charge in [0.25, 0.3) is 0 Å². The summed E-state index contributed by atoms with van der Waals surface area (Å²) in [5.41, 5.74) is 1.35. The van der Waals surface area contributed by atoms with Crippen molar-refractivity contribution >= 4 is 10.8 Å². The second-order valence-corrected chi connectivity index (χ2v) is 3.53. The van der Waals surface area contributed by atoms with Crippen molar-refractivity contribution in [2.24, 2.45) is 0 Å². The van der Waals surface area contributed by atoms with Crippen molar-refractivity contribution in [2.75, 3.05) is 0 Å². The molecule has 2 rings (SSSR count). The topological polar surface area (TPSA) is 25.8 Å². The van der Waals surface area contributed by atoms with Crippen LogP contribution in [0.15, 0.2) is 30.6 Å². The van der Waals surface area contributed by atoms with Crippen LogP contribution in [0.3, 0.4) is 0 Å². The monoisotopic (exact) mass is 172 g/mol. The number of nitrogens with zero attached hydrogens (tertiary/aromatic N) is 2. The molecule has 0 bridgehead atoms. The van der Waals surface area contributed by atoms with Crippen molar-refractivity contribution in [3.05, 3.63) is 36.2 Å². The van der Waals surface area contributed by atoms with Gasteiger partial charge in [-0.15, -0.1) is 0 Å². The van der Waals surface area contributed by atoms with Crippen molar-refractivity contribution in [3.8, 4) is 0 Å². The maximum atomic E-state index is 3.86. The molecule has 0 aliphatic rings. The lowest BCUT2D eigenvalue weighted by Crippen LogP contribution is -1.87. The van der Waals surface area contributed by atoms with Crippen molar-refractivity contribution in [2.45, 2.75) is 19.8 Å². The quantitative estimate of drug-likeness (QED) is 0.661. The summed E-state index contributed by atoms with van der Waals surface area (Å²) in [7, 11) is 0. The highest BCUT2D eigenvalue weighted by atomic mass is 15.1. The van der Waals surface area contributed by atoms with Gasteiger partial charge in [-0.1, -0.05) is 26.0 Å². The van der Waals surface area contributed by atoms with Gasteiger partial charge in [-0.25, -0.2) is 0 Å². The van der Waals surface area contributed by atoms with Gasteiger partial charge in [-0.2, -0.15) is 10.2 Å². The summed E-state index contributed by atoms with van der Waals surface area (Å²) in [4.78, 5) is 0. The minimum atomic E-state index is 0.567. The summed E-state index contributed by atoms with van der Waals surface area (Å²) in [5, 5.41) is 10.0. The van der Waals surface area contributed by atoms with Crippen LogP contribution in [0.2, 0.25) is 0 Å². The predicted molar refractivity (Wildman–Crippen MR) is 53.6 cm³/mol. The van der Waals surface area contributed by atoms with Crippen LogP contribution in [0.25, 0.3) is 10.8 Å². The molecule has 1 aromatic heterocycles. The molecule has 66 valence electrons. The van der Waals surface area contributed by atoms with Gasteiger partial charge in [-0.05, 0) is 17.5 Å². The zero-order chi connectivity index (χ0) is 9.26. The molecule has 0 amide bonds. The Labute approximate surface area is 77.6 Å². The standard InChI is InChI=1S/C11H12N2/c1-8(2)9-3-4-10-6-12-13-7-11(10)5-9/h3-8H,1-2H3. The van der Waals surface area contributed by atoms with Crippen LogP contribution in [0.5, 0.6) is 0 Å². The summed E-state index contributed by atoms with van der Waals surface area (Å²) in [5.74, 6) is 0.567.